The summed E-state index contributed by atoms with van der Waals surface area (Å²) < 4.78 is 13.2. The van der Waals surface area contributed by atoms with Crippen molar-refractivity contribution in [3.05, 3.63) is 75.5 Å². The molecule has 2 amide bonds. The minimum Gasteiger partial charge on any atom is -0.369 e. The Kier molecular flexibility index (Phi) is 11.0. The van der Waals surface area contributed by atoms with E-state index < -0.39 is 5.82 Å². The maximum atomic E-state index is 13.2. The third-order valence-corrected chi connectivity index (χ3v) is 7.83. The zero-order valence-electron chi connectivity index (χ0n) is 23.9. The van der Waals surface area contributed by atoms with Gasteiger partial charge in [0.15, 0.2) is 0 Å². The minimum atomic E-state index is -0.502. The van der Waals surface area contributed by atoms with Gasteiger partial charge in [-0.25, -0.2) is 9.18 Å². The summed E-state index contributed by atoms with van der Waals surface area (Å²) in [6.45, 7) is 13.3. The fourth-order valence-corrected chi connectivity index (χ4v) is 5.81. The van der Waals surface area contributed by atoms with Crippen molar-refractivity contribution < 1.29 is 9.18 Å². The highest BCUT2D eigenvalue weighted by molar-refractivity contribution is 6.33. The number of pyridine rings is 2. The van der Waals surface area contributed by atoms with Crippen LogP contribution in [-0.2, 0) is 0 Å². The Morgan fingerprint density at radius 1 is 0.805 bits per heavy atom. The predicted octanol–water partition coefficient (Wildman–Crippen LogP) is 6.08. The smallest absolute Gasteiger partial charge is 0.321 e. The van der Waals surface area contributed by atoms with Crippen molar-refractivity contribution in [1.82, 2.24) is 20.2 Å². The number of urea groups is 1. The third kappa shape index (κ3) is 8.21. The standard InChI is InChI=1S/C19H22ClFN4O.C11H16ClN3/c1-13-11-22-12-14(2)18(13)24-6-3-7-25(9-8-24)19(26)23-15-4-5-17(21)16(20)10-15;1-9-7-14-8-10(12)11(9)15-5-2-3-13-4-6-15/h4-5,10-12H,3,6-9H2,1-2H3,(H,23,26);7-8,13H,2-6H2,1H3. The molecule has 0 spiro atoms. The molecule has 2 aromatic heterocycles. The molecule has 1 aromatic carbocycles. The summed E-state index contributed by atoms with van der Waals surface area (Å²) in [4.78, 5) is 27.3. The van der Waals surface area contributed by atoms with Gasteiger partial charge in [0.1, 0.15) is 5.82 Å². The number of hydrogen-bond acceptors (Lipinski definition) is 6. The molecule has 220 valence electrons. The van der Waals surface area contributed by atoms with Gasteiger partial charge >= 0.3 is 6.03 Å². The van der Waals surface area contributed by atoms with E-state index in [2.05, 4.69) is 51.2 Å². The lowest BCUT2D eigenvalue weighted by molar-refractivity contribution is 0.215. The summed E-state index contributed by atoms with van der Waals surface area (Å²) in [5, 5.41) is 6.93. The molecule has 0 atom stereocenters. The highest BCUT2D eigenvalue weighted by Gasteiger charge is 2.21. The van der Waals surface area contributed by atoms with E-state index in [0.29, 0.717) is 18.8 Å². The molecule has 11 heteroatoms. The van der Waals surface area contributed by atoms with E-state index in [1.165, 1.54) is 23.9 Å². The highest BCUT2D eigenvalue weighted by atomic mass is 35.5. The van der Waals surface area contributed by atoms with Gasteiger partial charge in [0.2, 0.25) is 0 Å². The van der Waals surface area contributed by atoms with Gasteiger partial charge in [-0.1, -0.05) is 23.2 Å². The summed E-state index contributed by atoms with van der Waals surface area (Å²) in [6, 6.07) is 3.98. The first kappa shape index (κ1) is 30.8. The minimum absolute atomic E-state index is 0.00604. The first-order valence-electron chi connectivity index (χ1n) is 14.0. The monoisotopic (exact) mass is 601 g/mol. The molecule has 5 rings (SSSR count). The number of carbonyl (C=O) groups excluding carboxylic acids is 1. The Morgan fingerprint density at radius 2 is 1.46 bits per heavy atom. The van der Waals surface area contributed by atoms with E-state index in [1.807, 2.05) is 18.6 Å². The number of hydrogen-bond donors (Lipinski definition) is 2. The number of halogens is 3. The Bertz CT molecular complexity index is 1290. The second-order valence-corrected chi connectivity index (χ2v) is 11.2. The van der Waals surface area contributed by atoms with Crippen LogP contribution in [0.1, 0.15) is 29.5 Å². The molecule has 2 saturated heterocycles. The highest BCUT2D eigenvalue weighted by Crippen LogP contribution is 2.29. The number of aromatic nitrogens is 2. The quantitative estimate of drug-likeness (QED) is 0.379. The molecule has 8 nitrogen and oxygen atoms in total. The van der Waals surface area contributed by atoms with Crippen LogP contribution in [0.4, 0.5) is 26.2 Å². The number of amides is 2. The normalized spacial score (nSPS) is 15.9. The summed E-state index contributed by atoms with van der Waals surface area (Å²) in [5.41, 5.74) is 6.28. The molecular weight excluding hydrogens is 564 g/mol. The zero-order valence-corrected chi connectivity index (χ0v) is 25.4. The molecule has 2 aliphatic rings. The van der Waals surface area contributed by atoms with Gasteiger partial charge < -0.3 is 25.3 Å². The van der Waals surface area contributed by atoms with Crippen molar-refractivity contribution in [3.8, 4) is 0 Å². The fraction of sp³-hybridized carbons (Fsp3) is 0.433. The van der Waals surface area contributed by atoms with Crippen LogP contribution in [0.25, 0.3) is 0 Å². The lowest BCUT2D eigenvalue weighted by Crippen LogP contribution is -2.38. The predicted molar refractivity (Wildman–Crippen MR) is 166 cm³/mol. The van der Waals surface area contributed by atoms with Crippen LogP contribution in [0, 0.1) is 26.6 Å². The van der Waals surface area contributed by atoms with Crippen molar-refractivity contribution in [3.63, 3.8) is 0 Å². The van der Waals surface area contributed by atoms with Crippen LogP contribution in [0.15, 0.2) is 43.0 Å². The van der Waals surface area contributed by atoms with E-state index in [1.54, 1.807) is 11.1 Å². The Hall–Kier alpha value is -3.14. The molecule has 4 heterocycles. The van der Waals surface area contributed by atoms with Gasteiger partial charge in [-0.05, 0) is 75.0 Å². The van der Waals surface area contributed by atoms with Crippen molar-refractivity contribution in [2.45, 2.75) is 33.6 Å². The summed E-state index contributed by atoms with van der Waals surface area (Å²) in [6.07, 6.45) is 9.38. The number of nitrogens with one attached hydrogen (secondary N) is 2. The second kappa shape index (κ2) is 14.7. The maximum Gasteiger partial charge on any atom is 0.321 e. The van der Waals surface area contributed by atoms with E-state index >= 15 is 0 Å². The van der Waals surface area contributed by atoms with Crippen molar-refractivity contribution in [2.24, 2.45) is 0 Å². The van der Waals surface area contributed by atoms with E-state index in [0.717, 1.165) is 79.5 Å². The number of carbonyl (C=O) groups is 1. The van der Waals surface area contributed by atoms with Gasteiger partial charge in [0, 0.05) is 82.0 Å². The van der Waals surface area contributed by atoms with Crippen LogP contribution in [-0.4, -0.2) is 73.3 Å². The lowest BCUT2D eigenvalue weighted by Gasteiger charge is -2.26. The van der Waals surface area contributed by atoms with Gasteiger partial charge in [-0.3, -0.25) is 9.97 Å². The Morgan fingerprint density at radius 3 is 2.17 bits per heavy atom. The van der Waals surface area contributed by atoms with Crippen molar-refractivity contribution >= 4 is 46.3 Å². The molecule has 3 aromatic rings. The molecule has 2 N–H and O–H groups in total. The van der Waals surface area contributed by atoms with Gasteiger partial charge in [-0.15, -0.1) is 0 Å². The van der Waals surface area contributed by atoms with Crippen LogP contribution >= 0.6 is 23.2 Å². The first-order chi connectivity index (χ1) is 19.7. The SMILES string of the molecule is Cc1cncc(C)c1N1CCCN(C(=O)Nc2ccc(F)c(Cl)c2)CC1.Cc1cncc(Cl)c1N1CCCNCC1. The summed E-state index contributed by atoms with van der Waals surface area (Å²) >= 11 is 12.0. The summed E-state index contributed by atoms with van der Waals surface area (Å²) in [7, 11) is 0. The lowest BCUT2D eigenvalue weighted by atomic mass is 10.1. The second-order valence-electron chi connectivity index (χ2n) is 10.4. The van der Waals surface area contributed by atoms with Crippen molar-refractivity contribution in [2.75, 3.05) is 67.5 Å². The first-order valence-corrected chi connectivity index (χ1v) is 14.7. The van der Waals surface area contributed by atoms with Crippen LogP contribution in [0.3, 0.4) is 0 Å². The number of anilines is 3. The number of aryl methyl sites for hydroxylation is 3. The van der Waals surface area contributed by atoms with Gasteiger partial charge in [-0.2, -0.15) is 0 Å². The van der Waals surface area contributed by atoms with Crippen molar-refractivity contribution in [1.29, 1.82) is 0 Å². The largest absolute Gasteiger partial charge is 0.369 e. The molecular formula is C30H38Cl2FN7O. The van der Waals surface area contributed by atoms with Crippen LogP contribution in [0.2, 0.25) is 10.0 Å². The van der Waals surface area contributed by atoms with Gasteiger partial charge in [0.05, 0.1) is 15.7 Å². The molecule has 2 aliphatic heterocycles. The molecule has 0 bridgehead atoms. The van der Waals surface area contributed by atoms with Gasteiger partial charge in [0.25, 0.3) is 0 Å². The van der Waals surface area contributed by atoms with Crippen LogP contribution in [0.5, 0.6) is 0 Å². The molecule has 2 fully saturated rings. The average Bonchev–Trinajstić information content (AvgIpc) is 3.35. The number of rotatable bonds is 3. The number of benzene rings is 1. The topological polar surface area (TPSA) is 76.6 Å². The fourth-order valence-electron chi connectivity index (χ4n) is 5.31. The molecule has 0 radical (unpaired) electrons. The Labute approximate surface area is 251 Å². The average molecular weight is 603 g/mol. The summed E-state index contributed by atoms with van der Waals surface area (Å²) in [5.74, 6) is -0.502. The zero-order chi connectivity index (χ0) is 29.4. The Balaban J connectivity index is 0.000000218. The van der Waals surface area contributed by atoms with E-state index in [4.69, 9.17) is 23.2 Å². The molecule has 41 heavy (non-hydrogen) atoms. The number of nitrogens with zero attached hydrogens (tertiary/aromatic N) is 5. The maximum absolute atomic E-state index is 13.2. The third-order valence-electron chi connectivity index (χ3n) is 7.27. The molecule has 0 aliphatic carbocycles. The van der Waals surface area contributed by atoms with E-state index in [-0.39, 0.29) is 11.1 Å². The molecule has 0 saturated carbocycles. The van der Waals surface area contributed by atoms with Crippen LogP contribution < -0.4 is 20.4 Å². The van der Waals surface area contributed by atoms with E-state index in [9.17, 15) is 9.18 Å². The molecule has 0 unspecified atom stereocenters.